The molecule has 0 bridgehead atoms. The van der Waals surface area contributed by atoms with Gasteiger partial charge in [-0.2, -0.15) is 0 Å². The molecule has 0 spiro atoms. The highest BCUT2D eigenvalue weighted by atomic mass is 32.1. The Morgan fingerprint density at radius 2 is 1.57 bits per heavy atom. The number of rotatable bonds is 8. The highest BCUT2D eigenvalue weighted by molar-refractivity contribution is 7.09. The van der Waals surface area contributed by atoms with Crippen LogP contribution in [0.2, 0.25) is 0 Å². The van der Waals surface area contributed by atoms with Gasteiger partial charge in [0.15, 0.2) is 0 Å². The lowest BCUT2D eigenvalue weighted by molar-refractivity contribution is 0.217. The number of benzene rings is 2. The predicted octanol–water partition coefficient (Wildman–Crippen LogP) is 4.82. The van der Waals surface area contributed by atoms with Gasteiger partial charge in [-0.1, -0.05) is 30.3 Å². The molecule has 1 aromatic heterocycles. The molecule has 0 aliphatic heterocycles. The van der Waals surface area contributed by atoms with Gasteiger partial charge >= 0.3 is 0 Å². The topological polar surface area (TPSA) is 30.5 Å². The summed E-state index contributed by atoms with van der Waals surface area (Å²) in [5.74, 6) is 1.71. The van der Waals surface area contributed by atoms with Crippen molar-refractivity contribution >= 4 is 17.0 Å². The molecule has 0 fully saturated rings. The molecular weight excluding hydrogens is 306 g/mol. The van der Waals surface area contributed by atoms with E-state index in [0.717, 1.165) is 23.7 Å². The van der Waals surface area contributed by atoms with Crippen LogP contribution in [0.4, 0.5) is 5.69 Å². The van der Waals surface area contributed by atoms with Crippen LogP contribution < -0.4 is 14.8 Å². The number of nitrogens with one attached hydrogen (secondary N) is 1. The van der Waals surface area contributed by atoms with E-state index in [-0.39, 0.29) is 0 Å². The van der Waals surface area contributed by atoms with Gasteiger partial charge in [-0.3, -0.25) is 0 Å². The normalized spacial score (nSPS) is 10.3. The van der Waals surface area contributed by atoms with Crippen LogP contribution in [-0.4, -0.2) is 13.2 Å². The number of ether oxygens (including phenoxy) is 2. The van der Waals surface area contributed by atoms with E-state index in [1.807, 2.05) is 54.6 Å². The van der Waals surface area contributed by atoms with Gasteiger partial charge in [0.05, 0.1) is 0 Å². The lowest BCUT2D eigenvalue weighted by Crippen LogP contribution is -2.09. The predicted molar refractivity (Wildman–Crippen MR) is 95.5 cm³/mol. The third-order valence-corrected chi connectivity index (χ3v) is 4.12. The summed E-state index contributed by atoms with van der Waals surface area (Å²) in [6.45, 7) is 1.87. The SMILES string of the molecule is c1ccc(OCCOc2cccc(NCc3cccs3)c2)cc1. The molecule has 3 nitrogen and oxygen atoms in total. The van der Waals surface area contributed by atoms with Crippen molar-refractivity contribution in [3.8, 4) is 11.5 Å². The Morgan fingerprint density at radius 1 is 0.783 bits per heavy atom. The molecule has 4 heteroatoms. The maximum absolute atomic E-state index is 5.74. The van der Waals surface area contributed by atoms with Crippen molar-refractivity contribution in [1.82, 2.24) is 0 Å². The van der Waals surface area contributed by atoms with Crippen molar-refractivity contribution < 1.29 is 9.47 Å². The van der Waals surface area contributed by atoms with Crippen LogP contribution in [0.15, 0.2) is 72.1 Å². The molecule has 118 valence electrons. The summed E-state index contributed by atoms with van der Waals surface area (Å²) in [5, 5.41) is 5.49. The monoisotopic (exact) mass is 325 g/mol. The molecule has 3 rings (SSSR count). The van der Waals surface area contributed by atoms with E-state index in [1.54, 1.807) is 11.3 Å². The Morgan fingerprint density at radius 3 is 2.35 bits per heavy atom. The minimum Gasteiger partial charge on any atom is -0.490 e. The molecule has 0 atom stereocenters. The van der Waals surface area contributed by atoms with Crippen molar-refractivity contribution in [1.29, 1.82) is 0 Å². The molecule has 3 aromatic rings. The molecular formula is C19H19NO2S. The number of para-hydroxylation sites is 1. The van der Waals surface area contributed by atoms with Crippen LogP contribution in [0.25, 0.3) is 0 Å². The molecule has 0 saturated carbocycles. The van der Waals surface area contributed by atoms with Crippen LogP contribution in [0.5, 0.6) is 11.5 Å². The average Bonchev–Trinajstić information content (AvgIpc) is 3.12. The van der Waals surface area contributed by atoms with Crippen LogP contribution in [0, 0.1) is 0 Å². The third kappa shape index (κ3) is 5.04. The fraction of sp³-hybridized carbons (Fsp3) is 0.158. The van der Waals surface area contributed by atoms with E-state index in [0.29, 0.717) is 13.2 Å². The lowest BCUT2D eigenvalue weighted by atomic mass is 10.3. The van der Waals surface area contributed by atoms with Crippen molar-refractivity contribution in [2.24, 2.45) is 0 Å². The zero-order chi connectivity index (χ0) is 15.7. The second-order valence-corrected chi connectivity index (χ2v) is 6.00. The molecule has 0 unspecified atom stereocenters. The number of anilines is 1. The fourth-order valence-electron chi connectivity index (χ4n) is 2.13. The number of hydrogen-bond donors (Lipinski definition) is 1. The Hall–Kier alpha value is -2.46. The summed E-state index contributed by atoms with van der Waals surface area (Å²) < 4.78 is 11.4. The van der Waals surface area contributed by atoms with E-state index in [4.69, 9.17) is 9.47 Å². The van der Waals surface area contributed by atoms with Gasteiger partial charge in [-0.15, -0.1) is 11.3 Å². The standard InChI is InChI=1S/C19H19NO2S/c1-2-7-17(8-3-1)21-11-12-22-18-9-4-6-16(14-18)20-15-19-10-5-13-23-19/h1-10,13-14,20H,11-12,15H2. The minimum atomic E-state index is 0.517. The summed E-state index contributed by atoms with van der Waals surface area (Å²) in [6, 6.07) is 22.0. The minimum absolute atomic E-state index is 0.517. The van der Waals surface area contributed by atoms with E-state index in [9.17, 15) is 0 Å². The lowest BCUT2D eigenvalue weighted by Gasteiger charge is -2.10. The van der Waals surface area contributed by atoms with Crippen LogP contribution >= 0.6 is 11.3 Å². The summed E-state index contributed by atoms with van der Waals surface area (Å²) in [4.78, 5) is 1.31. The van der Waals surface area contributed by atoms with E-state index in [2.05, 4.69) is 22.8 Å². The van der Waals surface area contributed by atoms with E-state index < -0.39 is 0 Å². The van der Waals surface area contributed by atoms with Crippen molar-refractivity contribution in [3.05, 3.63) is 77.0 Å². The average molecular weight is 325 g/mol. The summed E-state index contributed by atoms with van der Waals surface area (Å²) >= 11 is 1.75. The summed E-state index contributed by atoms with van der Waals surface area (Å²) in [5.41, 5.74) is 1.06. The second kappa shape index (κ2) is 8.25. The Balaban J connectivity index is 1.44. The van der Waals surface area contributed by atoms with Crippen molar-refractivity contribution in [2.45, 2.75) is 6.54 Å². The summed E-state index contributed by atoms with van der Waals surface area (Å²) in [6.07, 6.45) is 0. The molecule has 0 aliphatic rings. The molecule has 23 heavy (non-hydrogen) atoms. The first-order valence-electron chi connectivity index (χ1n) is 7.57. The van der Waals surface area contributed by atoms with Crippen LogP contribution in [0.1, 0.15) is 4.88 Å². The number of hydrogen-bond acceptors (Lipinski definition) is 4. The quantitative estimate of drug-likeness (QED) is 0.602. The highest BCUT2D eigenvalue weighted by Crippen LogP contribution is 2.19. The zero-order valence-electron chi connectivity index (χ0n) is 12.8. The first kappa shape index (κ1) is 15.4. The largest absolute Gasteiger partial charge is 0.490 e. The zero-order valence-corrected chi connectivity index (χ0v) is 13.6. The van der Waals surface area contributed by atoms with Crippen molar-refractivity contribution in [3.63, 3.8) is 0 Å². The van der Waals surface area contributed by atoms with Gasteiger partial charge < -0.3 is 14.8 Å². The molecule has 1 N–H and O–H groups in total. The van der Waals surface area contributed by atoms with E-state index >= 15 is 0 Å². The molecule has 2 aromatic carbocycles. The van der Waals surface area contributed by atoms with Crippen LogP contribution in [-0.2, 0) is 6.54 Å². The Kier molecular flexibility index (Phi) is 5.53. The third-order valence-electron chi connectivity index (χ3n) is 3.24. The van der Waals surface area contributed by atoms with Gasteiger partial charge in [0.1, 0.15) is 24.7 Å². The maximum atomic E-state index is 5.74. The molecule has 0 aliphatic carbocycles. The maximum Gasteiger partial charge on any atom is 0.122 e. The van der Waals surface area contributed by atoms with Gasteiger partial charge in [-0.05, 0) is 35.7 Å². The molecule has 0 radical (unpaired) electrons. The van der Waals surface area contributed by atoms with Crippen molar-refractivity contribution in [2.75, 3.05) is 18.5 Å². The Labute approximate surface area is 140 Å². The number of thiophene rings is 1. The Bertz CT molecular complexity index is 698. The summed E-state index contributed by atoms with van der Waals surface area (Å²) in [7, 11) is 0. The fourth-order valence-corrected chi connectivity index (χ4v) is 2.78. The molecule has 0 amide bonds. The van der Waals surface area contributed by atoms with E-state index in [1.165, 1.54) is 4.88 Å². The van der Waals surface area contributed by atoms with Gasteiger partial charge in [0.25, 0.3) is 0 Å². The van der Waals surface area contributed by atoms with Gasteiger partial charge in [-0.25, -0.2) is 0 Å². The second-order valence-electron chi connectivity index (χ2n) is 4.97. The molecule has 0 saturated heterocycles. The van der Waals surface area contributed by atoms with Crippen LogP contribution in [0.3, 0.4) is 0 Å². The van der Waals surface area contributed by atoms with Gasteiger partial charge in [0.2, 0.25) is 0 Å². The first-order valence-corrected chi connectivity index (χ1v) is 8.45. The molecule has 1 heterocycles. The van der Waals surface area contributed by atoms with Gasteiger partial charge in [0, 0.05) is 23.2 Å². The first-order chi connectivity index (χ1) is 11.4. The smallest absolute Gasteiger partial charge is 0.122 e. The highest BCUT2D eigenvalue weighted by Gasteiger charge is 1.99.